The molecule has 3 N–H and O–H groups in total. The van der Waals surface area contributed by atoms with Crippen molar-refractivity contribution in [1.82, 2.24) is 25.5 Å². The van der Waals surface area contributed by atoms with Crippen molar-refractivity contribution in [3.8, 4) is 0 Å². The largest absolute Gasteiger partial charge is 0.393 e. The van der Waals surface area contributed by atoms with Crippen LogP contribution in [0.5, 0.6) is 0 Å². The van der Waals surface area contributed by atoms with Gasteiger partial charge in [-0.2, -0.15) is 0 Å². The molecule has 1 amide bonds. The van der Waals surface area contributed by atoms with E-state index >= 15 is 0 Å². The molecule has 1 aromatic heterocycles. The van der Waals surface area contributed by atoms with E-state index in [4.69, 9.17) is 0 Å². The van der Waals surface area contributed by atoms with Crippen molar-refractivity contribution in [3.05, 3.63) is 18.5 Å². The highest BCUT2D eigenvalue weighted by Gasteiger charge is 2.22. The molecule has 3 rings (SSSR count). The van der Waals surface area contributed by atoms with Gasteiger partial charge in [0, 0.05) is 57.6 Å². The summed E-state index contributed by atoms with van der Waals surface area (Å²) in [5.74, 6) is 1.62. The number of aromatic nitrogens is 2. The second-order valence-electron chi connectivity index (χ2n) is 7.58. The molecule has 1 aliphatic carbocycles. The number of carbonyl (C=O) groups is 1. The molecule has 2 fully saturated rings. The average Bonchev–Trinajstić information content (AvgIpc) is 2.76. The Balaban J connectivity index is 0.00000320. The monoisotopic (exact) mass is 531 g/mol. The van der Waals surface area contributed by atoms with Gasteiger partial charge in [0.25, 0.3) is 0 Å². The number of nitrogens with zero attached hydrogens (tertiary/aromatic N) is 5. The van der Waals surface area contributed by atoms with Crippen LogP contribution in [0.3, 0.4) is 0 Å². The summed E-state index contributed by atoms with van der Waals surface area (Å²) < 4.78 is 0. The molecule has 0 atom stereocenters. The number of anilines is 1. The van der Waals surface area contributed by atoms with Crippen LogP contribution in [0.2, 0.25) is 0 Å². The van der Waals surface area contributed by atoms with Crippen molar-refractivity contribution in [2.24, 2.45) is 4.99 Å². The molecule has 168 valence electrons. The van der Waals surface area contributed by atoms with Crippen molar-refractivity contribution in [3.63, 3.8) is 0 Å². The van der Waals surface area contributed by atoms with E-state index in [-0.39, 0.29) is 36.0 Å². The standard InChI is InChI=1S/C20H33N7O2.HI/c1-2-21-19(25-16-4-6-17(28)7-5-16)22-11-8-18(29)26-12-14-27(15-13-26)20-23-9-3-10-24-20;/h3,9-10,16-17,28H,2,4-8,11-15H2,1H3,(H2,21,22,25);1H. The predicted octanol–water partition coefficient (Wildman–Crippen LogP) is 0.992. The van der Waals surface area contributed by atoms with E-state index in [2.05, 4.69) is 30.5 Å². The number of rotatable bonds is 6. The highest BCUT2D eigenvalue weighted by molar-refractivity contribution is 14.0. The number of guanidine groups is 1. The number of piperazine rings is 1. The van der Waals surface area contributed by atoms with Crippen molar-refractivity contribution in [2.45, 2.75) is 51.2 Å². The van der Waals surface area contributed by atoms with Crippen LogP contribution in [0.15, 0.2) is 23.5 Å². The zero-order valence-corrected chi connectivity index (χ0v) is 20.0. The van der Waals surface area contributed by atoms with Crippen LogP contribution in [-0.4, -0.2) is 83.3 Å². The maximum atomic E-state index is 12.5. The van der Waals surface area contributed by atoms with Crippen LogP contribution >= 0.6 is 24.0 Å². The Kier molecular flexibility index (Phi) is 10.6. The number of aliphatic imine (C=N–C) groups is 1. The Labute approximate surface area is 195 Å². The van der Waals surface area contributed by atoms with Crippen molar-refractivity contribution in [1.29, 1.82) is 0 Å². The van der Waals surface area contributed by atoms with E-state index < -0.39 is 0 Å². The van der Waals surface area contributed by atoms with E-state index in [1.807, 2.05) is 11.8 Å². The van der Waals surface area contributed by atoms with Gasteiger partial charge in [0.2, 0.25) is 11.9 Å². The molecular formula is C20H34IN7O2. The first kappa shape index (κ1) is 24.6. The molecule has 2 heterocycles. The predicted molar refractivity (Wildman–Crippen MR) is 128 cm³/mol. The number of hydrogen-bond acceptors (Lipinski definition) is 6. The minimum atomic E-state index is -0.167. The molecule has 0 radical (unpaired) electrons. The van der Waals surface area contributed by atoms with Gasteiger partial charge in [0.05, 0.1) is 12.6 Å². The van der Waals surface area contributed by atoms with Crippen LogP contribution in [0, 0.1) is 0 Å². The van der Waals surface area contributed by atoms with Gasteiger partial charge >= 0.3 is 0 Å². The molecule has 1 aromatic rings. The molecule has 2 aliphatic rings. The molecule has 0 bridgehead atoms. The SMILES string of the molecule is CCNC(=NCCC(=O)N1CCN(c2ncccn2)CC1)NC1CCC(O)CC1.I. The lowest BCUT2D eigenvalue weighted by Crippen LogP contribution is -2.49. The number of carbonyl (C=O) groups excluding carboxylic acids is 1. The third-order valence-corrected chi connectivity index (χ3v) is 5.44. The van der Waals surface area contributed by atoms with E-state index in [1.165, 1.54) is 0 Å². The molecule has 30 heavy (non-hydrogen) atoms. The number of aliphatic hydroxyl groups is 1. The third kappa shape index (κ3) is 7.53. The summed E-state index contributed by atoms with van der Waals surface area (Å²) in [6, 6.07) is 2.14. The topological polar surface area (TPSA) is 106 Å². The number of halogens is 1. The van der Waals surface area contributed by atoms with Gasteiger partial charge in [0.15, 0.2) is 5.96 Å². The number of nitrogens with one attached hydrogen (secondary N) is 2. The summed E-state index contributed by atoms with van der Waals surface area (Å²) in [5, 5.41) is 16.3. The number of aliphatic hydroxyl groups excluding tert-OH is 1. The summed E-state index contributed by atoms with van der Waals surface area (Å²) in [6.45, 7) is 6.13. The summed E-state index contributed by atoms with van der Waals surface area (Å²) in [7, 11) is 0. The van der Waals surface area contributed by atoms with Crippen molar-refractivity contribution in [2.75, 3.05) is 44.2 Å². The average molecular weight is 531 g/mol. The minimum absolute atomic E-state index is 0. The first-order valence-electron chi connectivity index (χ1n) is 10.7. The van der Waals surface area contributed by atoms with Crippen LogP contribution in [0.25, 0.3) is 0 Å². The first-order chi connectivity index (χ1) is 14.2. The lowest BCUT2D eigenvalue weighted by Gasteiger charge is -2.34. The molecule has 1 aliphatic heterocycles. The van der Waals surface area contributed by atoms with Gasteiger partial charge in [-0.1, -0.05) is 0 Å². The van der Waals surface area contributed by atoms with Crippen LogP contribution < -0.4 is 15.5 Å². The van der Waals surface area contributed by atoms with E-state index in [0.29, 0.717) is 32.1 Å². The molecule has 9 nitrogen and oxygen atoms in total. The van der Waals surface area contributed by atoms with Gasteiger partial charge in [-0.25, -0.2) is 9.97 Å². The zero-order valence-electron chi connectivity index (χ0n) is 17.7. The molecule has 10 heteroatoms. The summed E-state index contributed by atoms with van der Waals surface area (Å²) >= 11 is 0. The minimum Gasteiger partial charge on any atom is -0.393 e. The highest BCUT2D eigenvalue weighted by Crippen LogP contribution is 2.18. The summed E-state index contributed by atoms with van der Waals surface area (Å²) in [4.78, 5) is 29.7. The van der Waals surface area contributed by atoms with Crippen LogP contribution in [0.1, 0.15) is 39.0 Å². The summed E-state index contributed by atoms with van der Waals surface area (Å²) in [6.07, 6.45) is 7.26. The van der Waals surface area contributed by atoms with Crippen LogP contribution in [-0.2, 0) is 4.79 Å². The lowest BCUT2D eigenvalue weighted by molar-refractivity contribution is -0.131. The maximum absolute atomic E-state index is 12.5. The fraction of sp³-hybridized carbons (Fsp3) is 0.700. The molecule has 0 aromatic carbocycles. The number of amides is 1. The van der Waals surface area contributed by atoms with Gasteiger partial charge < -0.3 is 25.5 Å². The Morgan fingerprint density at radius 3 is 2.47 bits per heavy atom. The van der Waals surface area contributed by atoms with Gasteiger partial charge in [-0.15, -0.1) is 24.0 Å². The van der Waals surface area contributed by atoms with Crippen molar-refractivity contribution >= 4 is 41.8 Å². The van der Waals surface area contributed by atoms with Gasteiger partial charge in [-0.05, 0) is 38.7 Å². The zero-order chi connectivity index (χ0) is 20.5. The second-order valence-corrected chi connectivity index (χ2v) is 7.58. The summed E-state index contributed by atoms with van der Waals surface area (Å²) in [5.41, 5.74) is 0. The molecular weight excluding hydrogens is 497 g/mol. The Hall–Kier alpha value is -1.69. The van der Waals surface area contributed by atoms with Gasteiger partial charge in [0.1, 0.15) is 0 Å². The smallest absolute Gasteiger partial charge is 0.225 e. The lowest BCUT2D eigenvalue weighted by atomic mass is 9.93. The van der Waals surface area contributed by atoms with E-state index in [1.54, 1.807) is 18.5 Å². The second kappa shape index (κ2) is 12.9. The first-order valence-corrected chi connectivity index (χ1v) is 10.7. The van der Waals surface area contributed by atoms with Crippen LogP contribution in [0.4, 0.5) is 5.95 Å². The molecule has 1 saturated heterocycles. The van der Waals surface area contributed by atoms with E-state index in [0.717, 1.165) is 57.2 Å². The molecule has 1 saturated carbocycles. The van der Waals surface area contributed by atoms with E-state index in [9.17, 15) is 9.90 Å². The maximum Gasteiger partial charge on any atom is 0.225 e. The fourth-order valence-electron chi connectivity index (χ4n) is 3.77. The Bertz CT molecular complexity index is 660. The Morgan fingerprint density at radius 2 is 1.83 bits per heavy atom. The Morgan fingerprint density at radius 1 is 1.17 bits per heavy atom. The van der Waals surface area contributed by atoms with Crippen molar-refractivity contribution < 1.29 is 9.90 Å². The number of hydrogen-bond donors (Lipinski definition) is 3. The molecule has 0 spiro atoms. The third-order valence-electron chi connectivity index (χ3n) is 5.44. The fourth-order valence-corrected chi connectivity index (χ4v) is 3.77. The highest BCUT2D eigenvalue weighted by atomic mass is 127. The molecule has 0 unspecified atom stereocenters. The normalized spacial score (nSPS) is 22.3. The quantitative estimate of drug-likeness (QED) is 0.286. The van der Waals surface area contributed by atoms with Gasteiger partial charge in [-0.3, -0.25) is 9.79 Å².